The molecule has 0 saturated carbocycles. The molecular weight excluding hydrogens is 311 g/mol. The van der Waals surface area contributed by atoms with Gasteiger partial charge in [0, 0.05) is 17.6 Å². The van der Waals surface area contributed by atoms with E-state index in [1.807, 2.05) is 0 Å². The van der Waals surface area contributed by atoms with E-state index in [4.69, 9.17) is 16.3 Å². The van der Waals surface area contributed by atoms with E-state index in [1.54, 1.807) is 6.92 Å². The zero-order valence-corrected chi connectivity index (χ0v) is 11.5. The molecule has 21 heavy (non-hydrogen) atoms. The number of aromatic nitrogens is 1. The maximum absolute atomic E-state index is 12.1. The van der Waals surface area contributed by atoms with Crippen LogP contribution in [-0.4, -0.2) is 23.9 Å². The van der Waals surface area contributed by atoms with Crippen molar-refractivity contribution in [2.45, 2.75) is 13.3 Å². The van der Waals surface area contributed by atoms with E-state index >= 15 is 0 Å². The fourth-order valence-corrected chi connectivity index (χ4v) is 1.97. The first-order valence-electron chi connectivity index (χ1n) is 5.83. The molecule has 1 heterocycles. The van der Waals surface area contributed by atoms with Crippen LogP contribution in [0, 0.1) is 0 Å². The third-order valence-corrected chi connectivity index (χ3v) is 2.91. The van der Waals surface area contributed by atoms with E-state index in [0.717, 1.165) is 18.3 Å². The molecule has 8 heteroatoms. The van der Waals surface area contributed by atoms with Gasteiger partial charge in [-0.1, -0.05) is 11.6 Å². The van der Waals surface area contributed by atoms with Crippen molar-refractivity contribution in [1.82, 2.24) is 4.98 Å². The molecule has 0 saturated heterocycles. The molecule has 0 spiro atoms. The van der Waals surface area contributed by atoms with Gasteiger partial charge in [-0.15, -0.1) is 13.2 Å². The first kappa shape index (κ1) is 15.4. The maximum Gasteiger partial charge on any atom is 0.573 e. The quantitative estimate of drug-likeness (QED) is 0.803. The van der Waals surface area contributed by atoms with Gasteiger partial charge in [0.15, 0.2) is 0 Å². The molecule has 2 rings (SSSR count). The number of rotatable bonds is 3. The molecule has 0 atom stereocenters. The van der Waals surface area contributed by atoms with Crippen LogP contribution in [0.3, 0.4) is 0 Å². The van der Waals surface area contributed by atoms with Gasteiger partial charge in [0.2, 0.25) is 0 Å². The van der Waals surface area contributed by atoms with Crippen LogP contribution in [0.4, 0.5) is 13.2 Å². The molecule has 1 aromatic heterocycles. The average Bonchev–Trinajstić information content (AvgIpc) is 2.37. The first-order chi connectivity index (χ1) is 9.81. The SMILES string of the molecule is CCOC(=O)c1cnc2cc(OC(F)(F)F)ccc2c1Cl. The number of fused-ring (bicyclic) bond motifs is 1. The summed E-state index contributed by atoms with van der Waals surface area (Å²) in [6.45, 7) is 1.81. The number of hydrogen-bond acceptors (Lipinski definition) is 4. The largest absolute Gasteiger partial charge is 0.573 e. The standard InChI is InChI=1S/C13H9ClF3NO3/c1-2-20-12(19)9-6-18-10-5-7(21-13(15,16)17)3-4-8(10)11(9)14/h3-6H,2H2,1H3. The Balaban J connectivity index is 2.43. The van der Waals surface area contributed by atoms with E-state index in [1.165, 1.54) is 6.07 Å². The molecule has 0 radical (unpaired) electrons. The van der Waals surface area contributed by atoms with E-state index in [0.29, 0.717) is 5.39 Å². The van der Waals surface area contributed by atoms with Gasteiger partial charge in [0.05, 0.1) is 22.7 Å². The lowest BCUT2D eigenvalue weighted by Crippen LogP contribution is -2.17. The highest BCUT2D eigenvalue weighted by atomic mass is 35.5. The number of halogens is 4. The van der Waals surface area contributed by atoms with E-state index in [-0.39, 0.29) is 22.7 Å². The lowest BCUT2D eigenvalue weighted by molar-refractivity contribution is -0.274. The molecule has 0 aliphatic heterocycles. The summed E-state index contributed by atoms with van der Waals surface area (Å²) >= 11 is 6.05. The van der Waals surface area contributed by atoms with Crippen LogP contribution in [0.2, 0.25) is 5.02 Å². The fraction of sp³-hybridized carbons (Fsp3) is 0.231. The van der Waals surface area contributed by atoms with E-state index < -0.39 is 18.1 Å². The average molecular weight is 320 g/mol. The van der Waals surface area contributed by atoms with Gasteiger partial charge in [0.25, 0.3) is 0 Å². The van der Waals surface area contributed by atoms with Crippen molar-refractivity contribution in [3.63, 3.8) is 0 Å². The Labute approximate surface area is 122 Å². The molecule has 0 N–H and O–H groups in total. The van der Waals surface area contributed by atoms with Crippen LogP contribution in [0.5, 0.6) is 5.75 Å². The predicted octanol–water partition coefficient (Wildman–Crippen LogP) is 3.96. The summed E-state index contributed by atoms with van der Waals surface area (Å²) in [6, 6.07) is 3.48. The van der Waals surface area contributed by atoms with Gasteiger partial charge in [0.1, 0.15) is 5.75 Å². The zero-order chi connectivity index (χ0) is 15.6. The van der Waals surface area contributed by atoms with Gasteiger partial charge < -0.3 is 9.47 Å². The molecule has 0 aliphatic rings. The van der Waals surface area contributed by atoms with E-state index in [9.17, 15) is 18.0 Å². The Morgan fingerprint density at radius 1 is 1.38 bits per heavy atom. The molecular formula is C13H9ClF3NO3. The minimum absolute atomic E-state index is 0.0514. The lowest BCUT2D eigenvalue weighted by atomic mass is 10.1. The summed E-state index contributed by atoms with van der Waals surface area (Å²) in [5.74, 6) is -1.06. The number of carbonyl (C=O) groups is 1. The summed E-state index contributed by atoms with van der Waals surface area (Å²) in [6.07, 6.45) is -3.64. The zero-order valence-electron chi connectivity index (χ0n) is 10.7. The van der Waals surface area contributed by atoms with Gasteiger partial charge in [-0.2, -0.15) is 0 Å². The first-order valence-corrected chi connectivity index (χ1v) is 6.20. The van der Waals surface area contributed by atoms with Crippen LogP contribution in [0.1, 0.15) is 17.3 Å². The smallest absolute Gasteiger partial charge is 0.462 e. The number of nitrogens with zero attached hydrogens (tertiary/aromatic N) is 1. The summed E-state index contributed by atoms with van der Waals surface area (Å²) < 4.78 is 45.0. The van der Waals surface area contributed by atoms with Crippen LogP contribution >= 0.6 is 11.6 Å². The second-order valence-corrected chi connectivity index (χ2v) is 4.31. The number of hydrogen-bond donors (Lipinski definition) is 0. The maximum atomic E-state index is 12.1. The number of carbonyl (C=O) groups excluding carboxylic acids is 1. The second-order valence-electron chi connectivity index (χ2n) is 3.93. The lowest BCUT2D eigenvalue weighted by Gasteiger charge is -2.10. The van der Waals surface area contributed by atoms with Crippen LogP contribution in [0.25, 0.3) is 10.9 Å². The highest BCUT2D eigenvalue weighted by Crippen LogP contribution is 2.30. The van der Waals surface area contributed by atoms with Crippen LogP contribution in [0.15, 0.2) is 24.4 Å². The molecule has 4 nitrogen and oxygen atoms in total. The number of esters is 1. The van der Waals surface area contributed by atoms with Gasteiger partial charge in [-0.3, -0.25) is 4.98 Å². The summed E-state index contributed by atoms with van der Waals surface area (Å²) in [5, 5.41) is 0.397. The second kappa shape index (κ2) is 5.77. The van der Waals surface area contributed by atoms with Crippen molar-refractivity contribution in [2.75, 3.05) is 6.61 Å². The van der Waals surface area contributed by atoms with Crippen molar-refractivity contribution in [3.05, 3.63) is 35.0 Å². The highest BCUT2D eigenvalue weighted by Gasteiger charge is 2.31. The molecule has 0 bridgehead atoms. The van der Waals surface area contributed by atoms with E-state index in [2.05, 4.69) is 9.72 Å². The third kappa shape index (κ3) is 3.55. The Kier molecular flexibility index (Phi) is 4.22. The van der Waals surface area contributed by atoms with Crippen LogP contribution < -0.4 is 4.74 Å². The third-order valence-electron chi connectivity index (χ3n) is 2.50. The number of alkyl halides is 3. The summed E-state index contributed by atoms with van der Waals surface area (Å²) in [7, 11) is 0. The van der Waals surface area contributed by atoms with Crippen molar-refractivity contribution in [1.29, 1.82) is 0 Å². The van der Waals surface area contributed by atoms with Gasteiger partial charge in [-0.25, -0.2) is 4.79 Å². The molecule has 1 aromatic carbocycles. The van der Waals surface area contributed by atoms with Gasteiger partial charge >= 0.3 is 12.3 Å². The Morgan fingerprint density at radius 3 is 2.71 bits per heavy atom. The molecule has 2 aromatic rings. The molecule has 0 fully saturated rings. The van der Waals surface area contributed by atoms with Crippen LogP contribution in [-0.2, 0) is 4.74 Å². The minimum atomic E-state index is -4.79. The highest BCUT2D eigenvalue weighted by molar-refractivity contribution is 6.38. The molecule has 0 amide bonds. The fourth-order valence-electron chi connectivity index (χ4n) is 1.69. The van der Waals surface area contributed by atoms with Gasteiger partial charge in [-0.05, 0) is 19.1 Å². The predicted molar refractivity (Wildman–Crippen MR) is 69.4 cm³/mol. The Bertz CT molecular complexity index is 688. The number of benzene rings is 1. The van der Waals surface area contributed by atoms with Crippen molar-refractivity contribution < 1.29 is 27.4 Å². The molecule has 0 unspecified atom stereocenters. The van der Waals surface area contributed by atoms with Crippen molar-refractivity contribution >= 4 is 28.5 Å². The number of ether oxygens (including phenoxy) is 2. The monoisotopic (exact) mass is 319 g/mol. The Hall–Kier alpha value is -2.02. The molecule has 112 valence electrons. The molecule has 0 aliphatic carbocycles. The summed E-state index contributed by atoms with van der Waals surface area (Å²) in [5.41, 5.74) is 0.227. The Morgan fingerprint density at radius 2 is 2.10 bits per heavy atom. The summed E-state index contributed by atoms with van der Waals surface area (Å²) in [4.78, 5) is 15.5. The topological polar surface area (TPSA) is 48.4 Å². The minimum Gasteiger partial charge on any atom is -0.462 e. The van der Waals surface area contributed by atoms with Crippen molar-refractivity contribution in [2.24, 2.45) is 0 Å². The van der Waals surface area contributed by atoms with Crippen molar-refractivity contribution in [3.8, 4) is 5.75 Å². The normalized spacial score (nSPS) is 11.5. The number of pyridine rings is 1.